The monoisotopic (exact) mass is 258 g/mol. The van der Waals surface area contributed by atoms with Gasteiger partial charge in [0.15, 0.2) is 10.9 Å². The van der Waals surface area contributed by atoms with Crippen LogP contribution in [0.25, 0.3) is 22.4 Å². The molecule has 0 atom stereocenters. The van der Waals surface area contributed by atoms with E-state index in [-0.39, 0.29) is 0 Å². The largest absolute Gasteiger partial charge is 0.454 e. The zero-order valence-electron chi connectivity index (χ0n) is 10.6. The van der Waals surface area contributed by atoms with Gasteiger partial charge >= 0.3 is 0 Å². The fourth-order valence-electron chi connectivity index (χ4n) is 1.99. The Kier molecular flexibility index (Phi) is 2.59. The third kappa shape index (κ3) is 1.69. The number of nitrogens with zero attached hydrogens (tertiary/aromatic N) is 2. The third-order valence-corrected chi connectivity index (χ3v) is 3.96. The van der Waals surface area contributed by atoms with Gasteiger partial charge in [-0.2, -0.15) is 0 Å². The third-order valence-electron chi connectivity index (χ3n) is 2.95. The second-order valence-corrected chi connectivity index (χ2v) is 5.30. The average molecular weight is 258 g/mol. The minimum atomic E-state index is 0.876. The number of anilines is 1. The standard InChI is InChI=1S/C14H14N2OS/c1-9-10-6-4-5-7-12(10)17-13(9)11-8-18-14(15-11)16(2)3/h4-8H,1-3H3. The van der Waals surface area contributed by atoms with Crippen molar-refractivity contribution in [2.24, 2.45) is 0 Å². The topological polar surface area (TPSA) is 29.3 Å². The number of rotatable bonds is 2. The summed E-state index contributed by atoms with van der Waals surface area (Å²) >= 11 is 1.63. The van der Waals surface area contributed by atoms with Crippen LogP contribution in [0.4, 0.5) is 5.13 Å². The van der Waals surface area contributed by atoms with E-state index in [0.29, 0.717) is 0 Å². The van der Waals surface area contributed by atoms with Gasteiger partial charge in [-0.15, -0.1) is 11.3 Å². The summed E-state index contributed by atoms with van der Waals surface area (Å²) in [5, 5.41) is 4.19. The van der Waals surface area contributed by atoms with E-state index in [0.717, 1.165) is 33.1 Å². The van der Waals surface area contributed by atoms with E-state index in [1.54, 1.807) is 11.3 Å². The quantitative estimate of drug-likeness (QED) is 0.697. The van der Waals surface area contributed by atoms with Crippen molar-refractivity contribution in [2.75, 3.05) is 19.0 Å². The lowest BCUT2D eigenvalue weighted by atomic mass is 10.1. The summed E-state index contributed by atoms with van der Waals surface area (Å²) in [6.45, 7) is 2.08. The molecule has 0 amide bonds. The summed E-state index contributed by atoms with van der Waals surface area (Å²) < 4.78 is 5.90. The van der Waals surface area contributed by atoms with Crippen LogP contribution in [0.1, 0.15) is 5.56 Å². The van der Waals surface area contributed by atoms with Crippen LogP contribution in [-0.2, 0) is 0 Å². The Balaban J connectivity index is 2.15. The number of thiazole rings is 1. The Morgan fingerprint density at radius 1 is 1.22 bits per heavy atom. The molecule has 0 radical (unpaired) electrons. The lowest BCUT2D eigenvalue weighted by Gasteiger charge is -2.05. The van der Waals surface area contributed by atoms with Gasteiger partial charge in [0.05, 0.1) is 0 Å². The number of benzene rings is 1. The second kappa shape index (κ2) is 4.14. The summed E-state index contributed by atoms with van der Waals surface area (Å²) in [7, 11) is 3.99. The minimum Gasteiger partial charge on any atom is -0.454 e. The molecule has 0 unspecified atom stereocenters. The van der Waals surface area contributed by atoms with Gasteiger partial charge in [-0.25, -0.2) is 4.98 Å². The maximum atomic E-state index is 5.90. The van der Waals surface area contributed by atoms with Crippen LogP contribution in [0.15, 0.2) is 34.1 Å². The molecule has 4 heteroatoms. The van der Waals surface area contributed by atoms with Crippen molar-refractivity contribution < 1.29 is 4.42 Å². The average Bonchev–Trinajstić information content (AvgIpc) is 2.95. The van der Waals surface area contributed by atoms with Crippen LogP contribution in [0.5, 0.6) is 0 Å². The van der Waals surface area contributed by atoms with E-state index in [1.807, 2.05) is 42.6 Å². The number of aryl methyl sites for hydroxylation is 1. The van der Waals surface area contributed by atoms with Crippen molar-refractivity contribution in [3.05, 3.63) is 35.2 Å². The first kappa shape index (κ1) is 11.3. The zero-order chi connectivity index (χ0) is 12.7. The number of furan rings is 1. The van der Waals surface area contributed by atoms with Gasteiger partial charge in [0, 0.05) is 30.4 Å². The summed E-state index contributed by atoms with van der Waals surface area (Å²) in [5.41, 5.74) is 2.99. The van der Waals surface area contributed by atoms with Gasteiger partial charge in [-0.05, 0) is 13.0 Å². The molecule has 3 aromatic rings. The second-order valence-electron chi connectivity index (χ2n) is 4.46. The molecule has 0 N–H and O–H groups in total. The first-order valence-electron chi connectivity index (χ1n) is 5.78. The summed E-state index contributed by atoms with van der Waals surface area (Å²) in [5.74, 6) is 0.876. The number of hydrogen-bond acceptors (Lipinski definition) is 4. The fourth-order valence-corrected chi connectivity index (χ4v) is 2.73. The maximum absolute atomic E-state index is 5.90. The van der Waals surface area contributed by atoms with Gasteiger partial charge in [0.25, 0.3) is 0 Å². The molecule has 2 aromatic heterocycles. The molecule has 0 saturated carbocycles. The lowest BCUT2D eigenvalue weighted by molar-refractivity contribution is 0.627. The SMILES string of the molecule is Cc1c(-c2csc(N(C)C)n2)oc2ccccc12. The summed E-state index contributed by atoms with van der Waals surface area (Å²) in [6.07, 6.45) is 0. The van der Waals surface area contributed by atoms with E-state index in [2.05, 4.69) is 18.0 Å². The number of para-hydroxylation sites is 1. The Hall–Kier alpha value is -1.81. The number of hydrogen-bond donors (Lipinski definition) is 0. The molecular weight excluding hydrogens is 244 g/mol. The van der Waals surface area contributed by atoms with Crippen molar-refractivity contribution in [1.82, 2.24) is 4.98 Å². The van der Waals surface area contributed by atoms with Crippen molar-refractivity contribution in [2.45, 2.75) is 6.92 Å². The van der Waals surface area contributed by atoms with E-state index < -0.39 is 0 Å². The van der Waals surface area contributed by atoms with E-state index in [9.17, 15) is 0 Å². The molecule has 3 rings (SSSR count). The Morgan fingerprint density at radius 3 is 2.67 bits per heavy atom. The molecule has 0 aliphatic carbocycles. The van der Waals surface area contributed by atoms with E-state index >= 15 is 0 Å². The highest BCUT2D eigenvalue weighted by Crippen LogP contribution is 2.34. The molecule has 92 valence electrons. The van der Waals surface area contributed by atoms with Crippen LogP contribution < -0.4 is 4.90 Å². The lowest BCUT2D eigenvalue weighted by Crippen LogP contribution is -2.07. The zero-order valence-corrected chi connectivity index (χ0v) is 11.4. The van der Waals surface area contributed by atoms with E-state index in [4.69, 9.17) is 4.42 Å². The smallest absolute Gasteiger partial charge is 0.185 e. The highest BCUT2D eigenvalue weighted by atomic mass is 32.1. The highest BCUT2D eigenvalue weighted by Gasteiger charge is 2.15. The molecule has 0 spiro atoms. The Labute approximate surface area is 110 Å². The minimum absolute atomic E-state index is 0.876. The van der Waals surface area contributed by atoms with Crippen LogP contribution in [0, 0.1) is 6.92 Å². The van der Waals surface area contributed by atoms with Crippen molar-refractivity contribution >= 4 is 27.4 Å². The number of aromatic nitrogens is 1. The molecule has 0 aliphatic rings. The van der Waals surface area contributed by atoms with Crippen LogP contribution in [-0.4, -0.2) is 19.1 Å². The summed E-state index contributed by atoms with van der Waals surface area (Å²) in [6, 6.07) is 8.09. The molecule has 0 aliphatic heterocycles. The van der Waals surface area contributed by atoms with Crippen LogP contribution >= 0.6 is 11.3 Å². The molecule has 0 fully saturated rings. The number of fused-ring (bicyclic) bond motifs is 1. The highest BCUT2D eigenvalue weighted by molar-refractivity contribution is 7.14. The molecule has 1 aromatic carbocycles. The molecule has 18 heavy (non-hydrogen) atoms. The summed E-state index contributed by atoms with van der Waals surface area (Å²) in [4.78, 5) is 6.59. The fraction of sp³-hybridized carbons (Fsp3) is 0.214. The van der Waals surface area contributed by atoms with Gasteiger partial charge in [-0.1, -0.05) is 18.2 Å². The molecule has 2 heterocycles. The predicted octanol–water partition coefficient (Wildman–Crippen LogP) is 3.93. The van der Waals surface area contributed by atoms with Crippen LogP contribution in [0.3, 0.4) is 0 Å². The van der Waals surface area contributed by atoms with Crippen LogP contribution in [0.2, 0.25) is 0 Å². The van der Waals surface area contributed by atoms with Gasteiger partial charge in [0.2, 0.25) is 0 Å². The van der Waals surface area contributed by atoms with Crippen molar-refractivity contribution in [1.29, 1.82) is 0 Å². The van der Waals surface area contributed by atoms with Crippen molar-refractivity contribution in [3.63, 3.8) is 0 Å². The van der Waals surface area contributed by atoms with Gasteiger partial charge in [0.1, 0.15) is 11.3 Å². The Bertz CT molecular complexity index is 697. The molecule has 3 nitrogen and oxygen atoms in total. The Morgan fingerprint density at radius 2 is 2.00 bits per heavy atom. The first-order valence-corrected chi connectivity index (χ1v) is 6.66. The normalized spacial score (nSPS) is 11.1. The van der Waals surface area contributed by atoms with Crippen molar-refractivity contribution in [3.8, 4) is 11.5 Å². The van der Waals surface area contributed by atoms with Gasteiger partial charge < -0.3 is 9.32 Å². The first-order chi connectivity index (χ1) is 8.66. The molecular formula is C14H14N2OS. The molecule has 0 bridgehead atoms. The van der Waals surface area contributed by atoms with Gasteiger partial charge in [-0.3, -0.25) is 0 Å². The predicted molar refractivity (Wildman–Crippen MR) is 76.4 cm³/mol. The van der Waals surface area contributed by atoms with E-state index in [1.165, 1.54) is 0 Å². The molecule has 0 saturated heterocycles. The maximum Gasteiger partial charge on any atom is 0.185 e.